The Morgan fingerprint density at radius 1 is 1.28 bits per heavy atom. The molecule has 0 saturated carbocycles. The van der Waals surface area contributed by atoms with Gasteiger partial charge in [-0.25, -0.2) is 0 Å². The van der Waals surface area contributed by atoms with Crippen molar-refractivity contribution in [1.29, 1.82) is 0 Å². The van der Waals surface area contributed by atoms with Crippen LogP contribution in [0.3, 0.4) is 0 Å². The molecular formula is C13H13N3OS. The van der Waals surface area contributed by atoms with Gasteiger partial charge in [-0.15, -0.1) is 0 Å². The summed E-state index contributed by atoms with van der Waals surface area (Å²) in [4.78, 5) is 0. The second kappa shape index (κ2) is 5.97. The van der Waals surface area contributed by atoms with E-state index >= 15 is 0 Å². The van der Waals surface area contributed by atoms with Gasteiger partial charge in [-0.05, 0) is 42.9 Å². The summed E-state index contributed by atoms with van der Waals surface area (Å²) in [5.41, 5.74) is 4.81. The number of rotatable bonds is 3. The lowest BCUT2D eigenvalue weighted by molar-refractivity contribution is 0.560. The Morgan fingerprint density at radius 2 is 2.11 bits per heavy atom. The summed E-state index contributed by atoms with van der Waals surface area (Å²) in [6.45, 7) is 2.01. The predicted octanol–water partition coefficient (Wildman–Crippen LogP) is 2.91. The minimum atomic E-state index is 0.437. The minimum Gasteiger partial charge on any atom is -0.463 e. The van der Waals surface area contributed by atoms with E-state index in [4.69, 9.17) is 16.6 Å². The van der Waals surface area contributed by atoms with Gasteiger partial charge in [-0.3, -0.25) is 5.43 Å². The fraction of sp³-hybridized carbons (Fsp3) is 0.0769. The van der Waals surface area contributed by atoms with Gasteiger partial charge in [0.15, 0.2) is 5.11 Å². The predicted molar refractivity (Wildman–Crippen MR) is 76.8 cm³/mol. The highest BCUT2D eigenvalue weighted by molar-refractivity contribution is 7.80. The van der Waals surface area contributed by atoms with Gasteiger partial charge in [0, 0.05) is 5.69 Å². The Kier molecular flexibility index (Phi) is 4.09. The van der Waals surface area contributed by atoms with E-state index in [2.05, 4.69) is 15.8 Å². The van der Waals surface area contributed by atoms with Crippen LogP contribution in [-0.2, 0) is 0 Å². The number of nitrogens with one attached hydrogen (secondary N) is 2. The van der Waals surface area contributed by atoms with Crippen molar-refractivity contribution in [3.63, 3.8) is 0 Å². The van der Waals surface area contributed by atoms with E-state index in [9.17, 15) is 0 Å². The van der Waals surface area contributed by atoms with Crippen LogP contribution in [0.25, 0.3) is 0 Å². The highest BCUT2D eigenvalue weighted by atomic mass is 32.1. The number of nitrogens with zero attached hydrogens (tertiary/aromatic N) is 1. The van der Waals surface area contributed by atoms with Crippen LogP contribution in [0.1, 0.15) is 11.3 Å². The first-order chi connectivity index (χ1) is 8.75. The van der Waals surface area contributed by atoms with Gasteiger partial charge >= 0.3 is 0 Å². The van der Waals surface area contributed by atoms with E-state index in [1.54, 1.807) is 18.5 Å². The van der Waals surface area contributed by atoms with Crippen LogP contribution in [-0.4, -0.2) is 11.3 Å². The first kappa shape index (κ1) is 12.3. The molecule has 1 aromatic heterocycles. The van der Waals surface area contributed by atoms with Crippen LogP contribution in [0.2, 0.25) is 0 Å². The standard InChI is InChI=1S/C13H13N3OS/c1-10-5-2-3-7-12(10)15-13(18)16-14-9-11-6-4-8-17-11/h2-9H,1H3,(H2,15,16,18). The molecule has 0 radical (unpaired) electrons. The topological polar surface area (TPSA) is 49.6 Å². The molecule has 0 fully saturated rings. The normalized spacial score (nSPS) is 10.5. The maximum atomic E-state index is 5.12. The number of benzene rings is 1. The third-order valence-corrected chi connectivity index (χ3v) is 2.49. The van der Waals surface area contributed by atoms with Gasteiger partial charge in [0.1, 0.15) is 5.76 Å². The lowest BCUT2D eigenvalue weighted by atomic mass is 10.2. The maximum absolute atomic E-state index is 5.12. The number of para-hydroxylation sites is 1. The van der Waals surface area contributed by atoms with Crippen LogP contribution < -0.4 is 10.7 Å². The lowest BCUT2D eigenvalue weighted by Gasteiger charge is -2.08. The number of thiocarbonyl (C=S) groups is 1. The molecule has 0 bridgehead atoms. The molecule has 0 unspecified atom stereocenters. The first-order valence-corrected chi connectivity index (χ1v) is 5.86. The van der Waals surface area contributed by atoms with E-state index in [-0.39, 0.29) is 0 Å². The Bertz CT molecular complexity index is 549. The molecule has 0 spiro atoms. The zero-order valence-corrected chi connectivity index (χ0v) is 10.7. The number of aryl methyl sites for hydroxylation is 1. The molecule has 18 heavy (non-hydrogen) atoms. The molecule has 2 N–H and O–H groups in total. The molecule has 1 heterocycles. The van der Waals surface area contributed by atoms with Gasteiger partial charge < -0.3 is 9.73 Å². The smallest absolute Gasteiger partial charge is 0.191 e. The Labute approximate surface area is 111 Å². The molecule has 0 aliphatic carbocycles. The summed E-state index contributed by atoms with van der Waals surface area (Å²) >= 11 is 5.12. The molecule has 1 aromatic carbocycles. The van der Waals surface area contributed by atoms with Gasteiger partial charge in [-0.1, -0.05) is 18.2 Å². The van der Waals surface area contributed by atoms with Crippen molar-refractivity contribution >= 4 is 29.2 Å². The van der Waals surface area contributed by atoms with Gasteiger partial charge in [-0.2, -0.15) is 5.10 Å². The number of furan rings is 1. The number of hydrazone groups is 1. The number of hydrogen-bond donors (Lipinski definition) is 2. The summed E-state index contributed by atoms with van der Waals surface area (Å²) in [5, 5.41) is 7.47. The zero-order chi connectivity index (χ0) is 12.8. The van der Waals surface area contributed by atoms with E-state index in [1.165, 1.54) is 0 Å². The minimum absolute atomic E-state index is 0.437. The second-order valence-electron chi connectivity index (χ2n) is 3.65. The second-order valence-corrected chi connectivity index (χ2v) is 4.06. The molecule has 0 aliphatic rings. The quantitative estimate of drug-likeness (QED) is 0.505. The Hall–Kier alpha value is -2.14. The Balaban J connectivity index is 1.88. The number of anilines is 1. The summed E-state index contributed by atoms with van der Waals surface area (Å²) in [7, 11) is 0. The van der Waals surface area contributed by atoms with Crippen LogP contribution in [0, 0.1) is 6.92 Å². The van der Waals surface area contributed by atoms with Gasteiger partial charge in [0.25, 0.3) is 0 Å². The maximum Gasteiger partial charge on any atom is 0.191 e. The summed E-state index contributed by atoms with van der Waals surface area (Å²) in [6.07, 6.45) is 3.15. The molecule has 0 saturated heterocycles. The van der Waals surface area contributed by atoms with Crippen molar-refractivity contribution < 1.29 is 4.42 Å². The SMILES string of the molecule is Cc1ccccc1NC(=S)NN=Cc1ccco1. The molecule has 0 atom stereocenters. The van der Waals surface area contributed by atoms with Gasteiger partial charge in [0.05, 0.1) is 12.5 Å². The Morgan fingerprint density at radius 3 is 2.83 bits per heavy atom. The molecule has 2 rings (SSSR count). The fourth-order valence-electron chi connectivity index (χ4n) is 1.38. The highest BCUT2D eigenvalue weighted by Gasteiger charge is 1.98. The average Bonchev–Trinajstić information content (AvgIpc) is 2.85. The monoisotopic (exact) mass is 259 g/mol. The molecule has 5 heteroatoms. The fourth-order valence-corrected chi connectivity index (χ4v) is 1.55. The van der Waals surface area contributed by atoms with Gasteiger partial charge in [0.2, 0.25) is 0 Å². The third kappa shape index (κ3) is 3.43. The third-order valence-electron chi connectivity index (χ3n) is 2.29. The molecule has 0 amide bonds. The van der Waals surface area contributed by atoms with E-state index < -0.39 is 0 Å². The molecule has 2 aromatic rings. The van der Waals surface area contributed by atoms with E-state index in [0.29, 0.717) is 10.9 Å². The highest BCUT2D eigenvalue weighted by Crippen LogP contribution is 2.12. The summed E-state index contributed by atoms with van der Waals surface area (Å²) < 4.78 is 5.10. The largest absolute Gasteiger partial charge is 0.463 e. The first-order valence-electron chi connectivity index (χ1n) is 5.45. The van der Waals surface area contributed by atoms with Crippen molar-refractivity contribution in [1.82, 2.24) is 5.43 Å². The van der Waals surface area contributed by atoms with Crippen molar-refractivity contribution in [2.45, 2.75) is 6.92 Å². The lowest BCUT2D eigenvalue weighted by Crippen LogP contribution is -2.24. The summed E-state index contributed by atoms with van der Waals surface area (Å²) in [6, 6.07) is 11.5. The summed E-state index contributed by atoms with van der Waals surface area (Å²) in [5.74, 6) is 0.668. The average molecular weight is 259 g/mol. The molecular weight excluding hydrogens is 246 g/mol. The molecule has 4 nitrogen and oxygen atoms in total. The van der Waals surface area contributed by atoms with Crippen LogP contribution >= 0.6 is 12.2 Å². The molecule has 0 aliphatic heterocycles. The van der Waals surface area contributed by atoms with Crippen molar-refractivity contribution in [2.24, 2.45) is 5.10 Å². The number of hydrogen-bond acceptors (Lipinski definition) is 3. The van der Waals surface area contributed by atoms with Crippen molar-refractivity contribution in [3.05, 3.63) is 54.0 Å². The van der Waals surface area contributed by atoms with Crippen LogP contribution in [0.5, 0.6) is 0 Å². The van der Waals surface area contributed by atoms with E-state index in [1.807, 2.05) is 37.3 Å². The van der Waals surface area contributed by atoms with Crippen LogP contribution in [0.4, 0.5) is 5.69 Å². The molecule has 92 valence electrons. The van der Waals surface area contributed by atoms with Crippen LogP contribution in [0.15, 0.2) is 52.2 Å². The van der Waals surface area contributed by atoms with E-state index in [0.717, 1.165) is 11.3 Å². The van der Waals surface area contributed by atoms with Crippen molar-refractivity contribution in [3.8, 4) is 0 Å². The zero-order valence-electron chi connectivity index (χ0n) is 9.88. The van der Waals surface area contributed by atoms with Crippen molar-refractivity contribution in [2.75, 3.05) is 5.32 Å².